The molecular formula is C23H19N3OS. The molecule has 2 aromatic carbocycles. The van der Waals surface area contributed by atoms with Gasteiger partial charge >= 0.3 is 0 Å². The number of aromatic nitrogens is 1. The van der Waals surface area contributed by atoms with Crippen molar-refractivity contribution in [2.75, 3.05) is 0 Å². The number of para-hydroxylation sites is 1. The van der Waals surface area contributed by atoms with E-state index in [0.717, 1.165) is 28.7 Å². The largest absolute Gasteiger partial charge is 0.273 e. The van der Waals surface area contributed by atoms with E-state index in [1.807, 2.05) is 75.4 Å². The second-order valence-electron chi connectivity index (χ2n) is 6.50. The number of nitriles is 2. The standard InChI is InChI=1S/C23H19N3OS/c1-4-17-7-5-6-8-20(17)26-22(27)21(28-23(26)19(13-24)14-25)12-18-10-9-15(2)11-16(18)3/h5-12H,4H2,1-3H3/b21-12+. The number of benzene rings is 2. The Morgan fingerprint density at radius 1 is 1.14 bits per heavy atom. The summed E-state index contributed by atoms with van der Waals surface area (Å²) in [7, 11) is 0. The molecule has 3 aromatic rings. The molecule has 3 rings (SSSR count). The summed E-state index contributed by atoms with van der Waals surface area (Å²) in [5, 5.41) is 18.8. The molecule has 1 aromatic heterocycles. The summed E-state index contributed by atoms with van der Waals surface area (Å²) >= 11 is 1.18. The van der Waals surface area contributed by atoms with Crippen LogP contribution in [0.15, 0.2) is 47.3 Å². The Labute approximate surface area is 167 Å². The number of nitrogens with zero attached hydrogens (tertiary/aromatic N) is 3. The first-order chi connectivity index (χ1) is 13.5. The fourth-order valence-electron chi connectivity index (χ4n) is 3.15. The highest BCUT2D eigenvalue weighted by Gasteiger charge is 2.13. The van der Waals surface area contributed by atoms with Crippen LogP contribution in [0, 0.1) is 36.5 Å². The molecule has 0 bridgehead atoms. The SMILES string of the molecule is CCc1ccccc1-n1c(=C(C#N)C#N)s/c(=C/c2ccc(C)cc2C)c1=O. The van der Waals surface area contributed by atoms with E-state index < -0.39 is 0 Å². The van der Waals surface area contributed by atoms with Gasteiger partial charge in [0, 0.05) is 0 Å². The lowest BCUT2D eigenvalue weighted by molar-refractivity contribution is 0.953. The maximum absolute atomic E-state index is 13.3. The van der Waals surface area contributed by atoms with Crippen LogP contribution < -0.4 is 14.8 Å². The highest BCUT2D eigenvalue weighted by molar-refractivity contribution is 7.07. The Hall–Kier alpha value is -3.41. The van der Waals surface area contributed by atoms with Crippen molar-refractivity contribution in [2.45, 2.75) is 27.2 Å². The molecule has 0 fully saturated rings. The fraction of sp³-hybridized carbons (Fsp3) is 0.174. The molecule has 0 saturated carbocycles. The third kappa shape index (κ3) is 3.53. The first-order valence-electron chi connectivity index (χ1n) is 8.93. The van der Waals surface area contributed by atoms with Crippen LogP contribution in [0.2, 0.25) is 0 Å². The van der Waals surface area contributed by atoms with Gasteiger partial charge < -0.3 is 0 Å². The summed E-state index contributed by atoms with van der Waals surface area (Å²) in [6.07, 6.45) is 2.57. The molecule has 0 amide bonds. The van der Waals surface area contributed by atoms with Gasteiger partial charge in [-0.05, 0) is 49.1 Å². The van der Waals surface area contributed by atoms with Crippen LogP contribution in [0.4, 0.5) is 0 Å². The molecule has 1 heterocycles. The minimum absolute atomic E-state index is 0.0618. The van der Waals surface area contributed by atoms with Crippen molar-refractivity contribution in [2.24, 2.45) is 0 Å². The van der Waals surface area contributed by atoms with Crippen LogP contribution in [-0.2, 0) is 6.42 Å². The zero-order valence-electron chi connectivity index (χ0n) is 16.0. The molecular weight excluding hydrogens is 366 g/mol. The lowest BCUT2D eigenvalue weighted by Gasteiger charge is -2.08. The van der Waals surface area contributed by atoms with Gasteiger partial charge in [-0.25, -0.2) is 0 Å². The van der Waals surface area contributed by atoms with Gasteiger partial charge in [-0.3, -0.25) is 9.36 Å². The molecule has 4 nitrogen and oxygen atoms in total. The molecule has 5 heteroatoms. The van der Waals surface area contributed by atoms with E-state index in [1.165, 1.54) is 15.9 Å². The van der Waals surface area contributed by atoms with Crippen molar-refractivity contribution in [3.05, 3.63) is 84.3 Å². The predicted octanol–water partition coefficient (Wildman–Crippen LogP) is 3.10. The topological polar surface area (TPSA) is 69.6 Å². The highest BCUT2D eigenvalue weighted by Crippen LogP contribution is 2.13. The molecule has 0 atom stereocenters. The predicted molar refractivity (Wildman–Crippen MR) is 113 cm³/mol. The van der Waals surface area contributed by atoms with Crippen molar-refractivity contribution in [3.8, 4) is 17.8 Å². The maximum Gasteiger partial charge on any atom is 0.273 e. The number of hydrogen-bond donors (Lipinski definition) is 0. The molecule has 0 unspecified atom stereocenters. The summed E-state index contributed by atoms with van der Waals surface area (Å²) in [5.41, 5.74) is 4.58. The Kier molecular flexibility index (Phi) is 5.59. The van der Waals surface area contributed by atoms with Gasteiger partial charge in [-0.2, -0.15) is 10.5 Å². The lowest BCUT2D eigenvalue weighted by Crippen LogP contribution is -2.31. The van der Waals surface area contributed by atoms with Crippen molar-refractivity contribution < 1.29 is 0 Å². The maximum atomic E-state index is 13.3. The molecule has 0 aliphatic heterocycles. The zero-order chi connectivity index (χ0) is 20.3. The molecule has 0 radical (unpaired) electrons. The Bertz CT molecular complexity index is 1300. The highest BCUT2D eigenvalue weighted by atomic mass is 32.1. The van der Waals surface area contributed by atoms with Gasteiger partial charge in [0.15, 0.2) is 5.57 Å². The van der Waals surface area contributed by atoms with E-state index >= 15 is 0 Å². The number of thiazole rings is 1. The Morgan fingerprint density at radius 2 is 1.86 bits per heavy atom. The van der Waals surface area contributed by atoms with Gasteiger partial charge in [-0.15, -0.1) is 11.3 Å². The first-order valence-corrected chi connectivity index (χ1v) is 9.75. The van der Waals surface area contributed by atoms with Crippen molar-refractivity contribution in [1.82, 2.24) is 4.57 Å². The van der Waals surface area contributed by atoms with Crippen LogP contribution in [0.1, 0.15) is 29.2 Å². The molecule has 138 valence electrons. The smallest absolute Gasteiger partial charge is 0.267 e. The van der Waals surface area contributed by atoms with E-state index in [4.69, 9.17) is 0 Å². The molecule has 0 aliphatic carbocycles. The summed E-state index contributed by atoms with van der Waals surface area (Å²) in [4.78, 5) is 13.3. The van der Waals surface area contributed by atoms with Gasteiger partial charge in [0.2, 0.25) is 0 Å². The van der Waals surface area contributed by atoms with Crippen molar-refractivity contribution in [3.63, 3.8) is 0 Å². The van der Waals surface area contributed by atoms with Crippen molar-refractivity contribution >= 4 is 23.0 Å². The summed E-state index contributed by atoms with van der Waals surface area (Å²) in [5.74, 6) is 0. The zero-order valence-corrected chi connectivity index (χ0v) is 16.8. The fourth-order valence-corrected chi connectivity index (χ4v) is 4.18. The lowest BCUT2D eigenvalue weighted by atomic mass is 10.1. The summed E-state index contributed by atoms with van der Waals surface area (Å²) < 4.78 is 2.36. The number of aryl methyl sites for hydroxylation is 3. The van der Waals surface area contributed by atoms with Crippen LogP contribution in [0.25, 0.3) is 17.3 Å². The third-order valence-electron chi connectivity index (χ3n) is 4.59. The number of rotatable bonds is 3. The van der Waals surface area contributed by atoms with E-state index in [9.17, 15) is 15.3 Å². The van der Waals surface area contributed by atoms with Crippen LogP contribution in [0.3, 0.4) is 0 Å². The molecule has 0 spiro atoms. The van der Waals surface area contributed by atoms with E-state index in [1.54, 1.807) is 0 Å². The van der Waals surface area contributed by atoms with E-state index in [-0.39, 0.29) is 11.1 Å². The molecule has 0 aliphatic rings. The van der Waals surface area contributed by atoms with Crippen LogP contribution in [0.5, 0.6) is 0 Å². The summed E-state index contributed by atoms with van der Waals surface area (Å²) in [6, 6.07) is 17.5. The summed E-state index contributed by atoms with van der Waals surface area (Å²) in [6.45, 7) is 6.04. The second kappa shape index (κ2) is 8.08. The Balaban J connectivity index is 2.44. The van der Waals surface area contributed by atoms with E-state index in [0.29, 0.717) is 14.9 Å². The minimum atomic E-state index is -0.219. The quantitative estimate of drug-likeness (QED) is 0.696. The van der Waals surface area contributed by atoms with Crippen LogP contribution in [-0.4, -0.2) is 4.57 Å². The molecule has 0 saturated heterocycles. The van der Waals surface area contributed by atoms with Gasteiger partial charge in [0.25, 0.3) is 5.56 Å². The first kappa shape index (κ1) is 19.4. The average molecular weight is 385 g/mol. The monoisotopic (exact) mass is 385 g/mol. The van der Waals surface area contributed by atoms with Gasteiger partial charge in [-0.1, -0.05) is 48.9 Å². The van der Waals surface area contributed by atoms with Gasteiger partial charge in [0.1, 0.15) is 16.8 Å². The third-order valence-corrected chi connectivity index (χ3v) is 5.68. The average Bonchev–Trinajstić information content (AvgIpc) is 3.01. The second-order valence-corrected chi connectivity index (χ2v) is 7.53. The Morgan fingerprint density at radius 3 is 2.50 bits per heavy atom. The normalized spacial score (nSPS) is 11.1. The molecule has 28 heavy (non-hydrogen) atoms. The van der Waals surface area contributed by atoms with Gasteiger partial charge in [0.05, 0.1) is 10.2 Å². The molecule has 0 N–H and O–H groups in total. The van der Waals surface area contributed by atoms with E-state index in [2.05, 4.69) is 6.07 Å². The van der Waals surface area contributed by atoms with Crippen LogP contribution >= 0.6 is 11.3 Å². The minimum Gasteiger partial charge on any atom is -0.267 e. The number of hydrogen-bond acceptors (Lipinski definition) is 4. The van der Waals surface area contributed by atoms with Crippen molar-refractivity contribution in [1.29, 1.82) is 10.5 Å².